The lowest BCUT2D eigenvalue weighted by Crippen LogP contribution is -2.04. The van der Waals surface area contributed by atoms with Crippen LogP contribution in [0.25, 0.3) is 28.1 Å². The first kappa shape index (κ1) is 19.3. The van der Waals surface area contributed by atoms with Crippen molar-refractivity contribution in [3.8, 4) is 45.4 Å². The summed E-state index contributed by atoms with van der Waals surface area (Å²) in [6.07, 6.45) is 5.91. The lowest BCUT2D eigenvalue weighted by atomic mass is 9.94. The lowest BCUT2D eigenvalue weighted by Gasteiger charge is -2.20. The highest BCUT2D eigenvalue weighted by molar-refractivity contribution is 5.96. The molecule has 0 atom stereocenters. The molecule has 0 bridgehead atoms. The molecule has 0 aliphatic heterocycles. The molecule has 4 rings (SSSR count). The van der Waals surface area contributed by atoms with Gasteiger partial charge >= 0.3 is 0 Å². The number of ether oxygens (including phenoxy) is 3. The zero-order chi connectivity index (χ0) is 21.1. The Labute approximate surface area is 173 Å². The van der Waals surface area contributed by atoms with Crippen LogP contribution in [0.1, 0.15) is 10.4 Å². The third kappa shape index (κ3) is 3.20. The van der Waals surface area contributed by atoms with Gasteiger partial charge in [-0.1, -0.05) is 0 Å². The Balaban J connectivity index is 2.08. The van der Waals surface area contributed by atoms with Crippen LogP contribution in [0.3, 0.4) is 0 Å². The van der Waals surface area contributed by atoms with Crippen LogP contribution in [-0.2, 0) is 0 Å². The Morgan fingerprint density at radius 3 is 2.43 bits per heavy atom. The molecule has 2 aromatic carbocycles. The van der Waals surface area contributed by atoms with E-state index in [1.54, 1.807) is 23.2 Å². The monoisotopic (exact) mass is 404 g/mol. The largest absolute Gasteiger partial charge is 0.493 e. The first-order valence-corrected chi connectivity index (χ1v) is 9.18. The van der Waals surface area contributed by atoms with Gasteiger partial charge in [0.15, 0.2) is 17.8 Å². The zero-order valence-corrected chi connectivity index (χ0v) is 16.8. The second-order valence-corrected chi connectivity index (χ2v) is 6.39. The van der Waals surface area contributed by atoms with Crippen LogP contribution in [0.5, 0.6) is 17.2 Å². The quantitative estimate of drug-likeness (QED) is 0.418. The number of aromatic nitrogens is 2. The van der Waals surface area contributed by atoms with Crippen molar-refractivity contribution in [1.29, 1.82) is 0 Å². The molecule has 7 heteroatoms. The van der Waals surface area contributed by atoms with E-state index >= 15 is 0 Å². The summed E-state index contributed by atoms with van der Waals surface area (Å²) in [4.78, 5) is 12.1. The molecule has 2 heterocycles. The molecule has 2 aromatic heterocycles. The highest BCUT2D eigenvalue weighted by Crippen LogP contribution is 2.48. The van der Waals surface area contributed by atoms with Crippen LogP contribution in [-0.4, -0.2) is 37.4 Å². The normalized spacial score (nSPS) is 10.6. The van der Waals surface area contributed by atoms with Gasteiger partial charge in [0.2, 0.25) is 5.75 Å². The first-order chi connectivity index (χ1) is 14.7. The van der Waals surface area contributed by atoms with E-state index in [4.69, 9.17) is 18.6 Å². The molecule has 7 nitrogen and oxygen atoms in total. The molecule has 4 aromatic rings. The minimum absolute atomic E-state index is 0.393. The number of hydrogen-bond acceptors (Lipinski definition) is 6. The van der Waals surface area contributed by atoms with Crippen LogP contribution in [0.4, 0.5) is 0 Å². The van der Waals surface area contributed by atoms with Crippen LogP contribution in [0, 0.1) is 0 Å². The number of rotatable bonds is 7. The Hall–Kier alpha value is -4.00. The van der Waals surface area contributed by atoms with Crippen molar-refractivity contribution in [3.05, 3.63) is 66.7 Å². The van der Waals surface area contributed by atoms with Gasteiger partial charge in [-0.3, -0.25) is 4.79 Å². The van der Waals surface area contributed by atoms with E-state index in [-0.39, 0.29) is 0 Å². The van der Waals surface area contributed by atoms with Crippen LogP contribution in [0.2, 0.25) is 0 Å². The third-order valence-electron chi connectivity index (χ3n) is 4.81. The molecular weight excluding hydrogens is 384 g/mol. The minimum Gasteiger partial charge on any atom is -0.493 e. The van der Waals surface area contributed by atoms with Gasteiger partial charge in [0.25, 0.3) is 0 Å². The van der Waals surface area contributed by atoms with E-state index in [1.807, 2.05) is 42.6 Å². The maximum Gasteiger partial charge on any atom is 0.203 e. The zero-order valence-electron chi connectivity index (χ0n) is 16.8. The van der Waals surface area contributed by atoms with Crippen LogP contribution >= 0.6 is 0 Å². The standard InChI is InChI=1S/C23H20N2O5/c1-27-20-13-16(14-26)21(23(29-3)22(20)28-2)17-12-15(19-6-4-11-30-19)7-8-18(17)25-10-5-9-24-25/h4-14H,1-3H3. The summed E-state index contributed by atoms with van der Waals surface area (Å²) in [5.74, 6) is 1.90. The number of furan rings is 1. The summed E-state index contributed by atoms with van der Waals surface area (Å²) < 4.78 is 23.9. The molecule has 152 valence electrons. The van der Waals surface area contributed by atoms with Gasteiger partial charge in [-0.25, -0.2) is 4.68 Å². The Morgan fingerprint density at radius 2 is 1.83 bits per heavy atom. The number of methoxy groups -OCH3 is 3. The molecule has 0 amide bonds. The van der Waals surface area contributed by atoms with E-state index in [9.17, 15) is 4.79 Å². The Morgan fingerprint density at radius 1 is 1.00 bits per heavy atom. The fourth-order valence-corrected chi connectivity index (χ4v) is 3.49. The Bertz CT molecular complexity index is 1170. The topological polar surface area (TPSA) is 75.7 Å². The number of hydrogen-bond donors (Lipinski definition) is 0. The van der Waals surface area contributed by atoms with Gasteiger partial charge in [-0.15, -0.1) is 0 Å². The van der Waals surface area contributed by atoms with Gasteiger partial charge in [-0.05, 0) is 42.5 Å². The summed E-state index contributed by atoms with van der Waals surface area (Å²) in [5, 5.41) is 4.36. The molecule has 0 radical (unpaired) electrons. The molecule has 0 N–H and O–H groups in total. The average Bonchev–Trinajstić information content (AvgIpc) is 3.51. The average molecular weight is 404 g/mol. The van der Waals surface area contributed by atoms with E-state index in [2.05, 4.69) is 5.10 Å². The van der Waals surface area contributed by atoms with Crippen molar-refractivity contribution in [2.24, 2.45) is 0 Å². The number of carbonyl (C=O) groups is 1. The van der Waals surface area contributed by atoms with E-state index in [0.717, 1.165) is 23.1 Å². The summed E-state index contributed by atoms with van der Waals surface area (Å²) in [6, 6.07) is 13.0. The van der Waals surface area contributed by atoms with Crippen molar-refractivity contribution in [3.63, 3.8) is 0 Å². The minimum atomic E-state index is 0.393. The molecular formula is C23H20N2O5. The fraction of sp³-hybridized carbons (Fsp3) is 0.130. The number of carbonyl (C=O) groups excluding carboxylic acids is 1. The highest BCUT2D eigenvalue weighted by atomic mass is 16.5. The third-order valence-corrected chi connectivity index (χ3v) is 4.81. The van der Waals surface area contributed by atoms with Crippen molar-refractivity contribution in [2.75, 3.05) is 21.3 Å². The fourth-order valence-electron chi connectivity index (χ4n) is 3.49. The van der Waals surface area contributed by atoms with Crippen molar-refractivity contribution < 1.29 is 23.4 Å². The van der Waals surface area contributed by atoms with Crippen molar-refractivity contribution in [2.45, 2.75) is 0 Å². The molecule has 0 aliphatic carbocycles. The maximum atomic E-state index is 12.1. The van der Waals surface area contributed by atoms with Gasteiger partial charge < -0.3 is 18.6 Å². The van der Waals surface area contributed by atoms with E-state index in [0.29, 0.717) is 34.1 Å². The SMILES string of the molecule is COc1cc(C=O)c(-c2cc(-c3ccco3)ccc2-n2cccn2)c(OC)c1OC. The summed E-state index contributed by atoms with van der Waals surface area (Å²) in [7, 11) is 4.57. The van der Waals surface area contributed by atoms with Crippen molar-refractivity contribution >= 4 is 6.29 Å². The van der Waals surface area contributed by atoms with E-state index in [1.165, 1.54) is 21.3 Å². The predicted octanol–water partition coefficient (Wildman–Crippen LogP) is 4.64. The lowest BCUT2D eigenvalue weighted by molar-refractivity contribution is 0.112. The number of nitrogens with zero attached hydrogens (tertiary/aromatic N) is 2. The molecule has 0 spiro atoms. The molecule has 30 heavy (non-hydrogen) atoms. The number of aldehydes is 1. The highest BCUT2D eigenvalue weighted by Gasteiger charge is 2.24. The molecule has 0 aliphatic rings. The number of benzene rings is 2. The predicted molar refractivity (Wildman–Crippen MR) is 112 cm³/mol. The summed E-state index contributed by atoms with van der Waals surface area (Å²) in [6.45, 7) is 0. The van der Waals surface area contributed by atoms with Gasteiger partial charge in [0.05, 0.1) is 33.3 Å². The van der Waals surface area contributed by atoms with Crippen molar-refractivity contribution in [1.82, 2.24) is 9.78 Å². The first-order valence-electron chi connectivity index (χ1n) is 9.18. The second kappa shape index (κ2) is 8.16. The van der Waals surface area contributed by atoms with Crippen LogP contribution < -0.4 is 14.2 Å². The molecule has 0 saturated heterocycles. The summed E-state index contributed by atoms with van der Waals surface area (Å²) in [5.41, 5.74) is 3.31. The maximum absolute atomic E-state index is 12.1. The molecule has 0 unspecified atom stereocenters. The van der Waals surface area contributed by atoms with Gasteiger partial charge in [0, 0.05) is 34.6 Å². The summed E-state index contributed by atoms with van der Waals surface area (Å²) >= 11 is 0. The van der Waals surface area contributed by atoms with Gasteiger partial charge in [-0.2, -0.15) is 5.10 Å². The Kier molecular flexibility index (Phi) is 5.26. The molecule has 0 saturated carbocycles. The smallest absolute Gasteiger partial charge is 0.203 e. The van der Waals surface area contributed by atoms with Crippen LogP contribution in [0.15, 0.2) is 65.5 Å². The molecule has 0 fully saturated rings. The van der Waals surface area contributed by atoms with E-state index < -0.39 is 0 Å². The second-order valence-electron chi connectivity index (χ2n) is 6.39. The van der Waals surface area contributed by atoms with Gasteiger partial charge in [0.1, 0.15) is 5.76 Å².